The number of hydrogen-bond donors (Lipinski definition) is 1. The molecule has 0 aliphatic heterocycles. The van der Waals surface area contributed by atoms with Crippen molar-refractivity contribution in [2.75, 3.05) is 27.2 Å². The van der Waals surface area contributed by atoms with Crippen LogP contribution in [0.3, 0.4) is 0 Å². The average molecular weight is 264 g/mol. The smallest absolute Gasteiger partial charge is 0.123 e. The van der Waals surface area contributed by atoms with Crippen molar-refractivity contribution in [3.8, 4) is 5.75 Å². The van der Waals surface area contributed by atoms with Crippen LogP contribution in [0.5, 0.6) is 5.75 Å². The lowest BCUT2D eigenvalue weighted by molar-refractivity contribution is 0.193. The number of hydrogen-bond acceptors (Lipinski definition) is 3. The number of rotatable bonds is 8. The van der Waals surface area contributed by atoms with Gasteiger partial charge in [-0.1, -0.05) is 32.0 Å². The van der Waals surface area contributed by atoms with E-state index in [-0.39, 0.29) is 0 Å². The summed E-state index contributed by atoms with van der Waals surface area (Å²) in [6.07, 6.45) is 1.18. The fourth-order valence-electron chi connectivity index (χ4n) is 2.41. The van der Waals surface area contributed by atoms with Crippen LogP contribution >= 0.6 is 0 Å². The third-order valence-electron chi connectivity index (χ3n) is 3.90. The maximum atomic E-state index is 5.47. The lowest BCUT2D eigenvalue weighted by Gasteiger charge is -2.31. The number of nitrogens with one attached hydrogen (secondary N) is 1. The highest BCUT2D eigenvalue weighted by atomic mass is 16.5. The molecule has 3 nitrogen and oxygen atoms in total. The maximum Gasteiger partial charge on any atom is 0.123 e. The van der Waals surface area contributed by atoms with E-state index in [0.29, 0.717) is 12.1 Å². The van der Waals surface area contributed by atoms with Crippen LogP contribution < -0.4 is 10.1 Å². The molecule has 1 aromatic rings. The zero-order valence-electron chi connectivity index (χ0n) is 12.9. The van der Waals surface area contributed by atoms with E-state index in [1.165, 1.54) is 12.0 Å². The van der Waals surface area contributed by atoms with Crippen molar-refractivity contribution in [2.24, 2.45) is 0 Å². The van der Waals surface area contributed by atoms with Gasteiger partial charge < -0.3 is 10.1 Å². The Kier molecular flexibility index (Phi) is 6.89. The zero-order valence-corrected chi connectivity index (χ0v) is 12.9. The van der Waals surface area contributed by atoms with Crippen LogP contribution in [0.4, 0.5) is 0 Å². The fraction of sp³-hybridized carbons (Fsp3) is 0.625. The largest absolute Gasteiger partial charge is 0.496 e. The van der Waals surface area contributed by atoms with Gasteiger partial charge in [-0.05, 0) is 33.0 Å². The Morgan fingerprint density at radius 3 is 2.47 bits per heavy atom. The van der Waals surface area contributed by atoms with Crippen LogP contribution in [0, 0.1) is 0 Å². The molecule has 1 aromatic carbocycles. The van der Waals surface area contributed by atoms with Crippen molar-refractivity contribution in [2.45, 2.75) is 39.3 Å². The Labute approximate surface area is 118 Å². The molecule has 0 bridgehead atoms. The van der Waals surface area contributed by atoms with Crippen LogP contribution in [-0.4, -0.2) is 38.2 Å². The molecule has 0 radical (unpaired) electrons. The molecule has 0 aromatic heterocycles. The van der Waals surface area contributed by atoms with Crippen molar-refractivity contribution in [1.29, 1.82) is 0 Å². The van der Waals surface area contributed by atoms with Crippen LogP contribution in [0.15, 0.2) is 24.3 Å². The minimum atomic E-state index is 0.296. The minimum Gasteiger partial charge on any atom is -0.496 e. The molecule has 0 spiro atoms. The van der Waals surface area contributed by atoms with Gasteiger partial charge >= 0.3 is 0 Å². The summed E-state index contributed by atoms with van der Waals surface area (Å²) in [6, 6.07) is 9.16. The normalized spacial score (nSPS) is 14.4. The highest BCUT2D eigenvalue weighted by Crippen LogP contribution is 2.25. The summed E-state index contributed by atoms with van der Waals surface area (Å²) in [5.41, 5.74) is 1.23. The first kappa shape index (κ1) is 16.0. The molecule has 108 valence electrons. The zero-order chi connectivity index (χ0) is 14.3. The number of likely N-dealkylation sites (N-methyl/N-ethyl adjacent to an activating group) is 2. The molecule has 0 fully saturated rings. The van der Waals surface area contributed by atoms with Crippen molar-refractivity contribution < 1.29 is 4.74 Å². The number of methoxy groups -OCH3 is 1. The second kappa shape index (κ2) is 8.18. The van der Waals surface area contributed by atoms with Gasteiger partial charge in [-0.3, -0.25) is 4.90 Å². The molecule has 2 atom stereocenters. The van der Waals surface area contributed by atoms with E-state index < -0.39 is 0 Å². The van der Waals surface area contributed by atoms with Crippen LogP contribution in [0.1, 0.15) is 38.8 Å². The average Bonchev–Trinajstić information content (AvgIpc) is 2.48. The second-order valence-electron chi connectivity index (χ2n) is 4.93. The molecule has 1 rings (SSSR count). The minimum absolute atomic E-state index is 0.296. The highest BCUT2D eigenvalue weighted by Gasteiger charge is 2.19. The number of nitrogens with zero attached hydrogens (tertiary/aromatic N) is 1. The first-order valence-corrected chi connectivity index (χ1v) is 7.22. The van der Waals surface area contributed by atoms with Crippen LogP contribution in [0.25, 0.3) is 0 Å². The third-order valence-corrected chi connectivity index (χ3v) is 3.90. The maximum absolute atomic E-state index is 5.47. The SMILES string of the molecule is CCC(C)N(CC)CC(NC)c1ccccc1OC. The molecule has 0 amide bonds. The first-order chi connectivity index (χ1) is 9.17. The van der Waals surface area contributed by atoms with E-state index >= 15 is 0 Å². The quantitative estimate of drug-likeness (QED) is 0.781. The van der Waals surface area contributed by atoms with Gasteiger partial charge in [0.25, 0.3) is 0 Å². The second-order valence-corrected chi connectivity index (χ2v) is 4.93. The summed E-state index contributed by atoms with van der Waals surface area (Å²) in [6.45, 7) is 8.83. The molecule has 3 heteroatoms. The highest BCUT2D eigenvalue weighted by molar-refractivity contribution is 5.36. The summed E-state index contributed by atoms with van der Waals surface area (Å²) in [5.74, 6) is 0.960. The monoisotopic (exact) mass is 264 g/mol. The van der Waals surface area contributed by atoms with Gasteiger partial charge in [0.05, 0.1) is 7.11 Å². The van der Waals surface area contributed by atoms with E-state index in [0.717, 1.165) is 18.8 Å². The number of ether oxygens (including phenoxy) is 1. The molecule has 0 aliphatic rings. The van der Waals surface area contributed by atoms with E-state index in [2.05, 4.69) is 43.1 Å². The van der Waals surface area contributed by atoms with Gasteiger partial charge in [0.2, 0.25) is 0 Å². The Morgan fingerprint density at radius 1 is 1.26 bits per heavy atom. The summed E-state index contributed by atoms with van der Waals surface area (Å²) in [7, 11) is 3.75. The Morgan fingerprint density at radius 2 is 1.95 bits per heavy atom. The third kappa shape index (κ3) is 4.22. The first-order valence-electron chi connectivity index (χ1n) is 7.22. The summed E-state index contributed by atoms with van der Waals surface area (Å²) in [5, 5.41) is 3.42. The molecular formula is C16H28N2O. The van der Waals surface area contributed by atoms with Gasteiger partial charge in [-0.2, -0.15) is 0 Å². The molecule has 1 N–H and O–H groups in total. The summed E-state index contributed by atoms with van der Waals surface area (Å²) >= 11 is 0. The van der Waals surface area contributed by atoms with E-state index in [4.69, 9.17) is 4.74 Å². The van der Waals surface area contributed by atoms with E-state index in [9.17, 15) is 0 Å². The summed E-state index contributed by atoms with van der Waals surface area (Å²) < 4.78 is 5.47. The van der Waals surface area contributed by atoms with E-state index in [1.54, 1.807) is 7.11 Å². The molecule has 0 saturated carbocycles. The number of para-hydroxylation sites is 1. The Bertz CT molecular complexity index is 368. The van der Waals surface area contributed by atoms with Gasteiger partial charge in [0.15, 0.2) is 0 Å². The van der Waals surface area contributed by atoms with Crippen molar-refractivity contribution in [3.63, 3.8) is 0 Å². The fourth-order valence-corrected chi connectivity index (χ4v) is 2.41. The van der Waals surface area contributed by atoms with Gasteiger partial charge in [-0.15, -0.1) is 0 Å². The predicted molar refractivity (Wildman–Crippen MR) is 81.8 cm³/mol. The lowest BCUT2D eigenvalue weighted by Crippen LogP contribution is -2.39. The molecule has 0 saturated heterocycles. The lowest BCUT2D eigenvalue weighted by atomic mass is 10.0. The standard InChI is InChI=1S/C16H28N2O/c1-6-13(3)18(7-2)12-15(17-4)14-10-8-9-11-16(14)19-5/h8-11,13,15,17H,6-7,12H2,1-5H3. The van der Waals surface area contributed by atoms with Crippen molar-refractivity contribution in [1.82, 2.24) is 10.2 Å². The Hall–Kier alpha value is -1.06. The topological polar surface area (TPSA) is 24.5 Å². The predicted octanol–water partition coefficient (Wildman–Crippen LogP) is 3.08. The van der Waals surface area contributed by atoms with Gasteiger partial charge in [0.1, 0.15) is 5.75 Å². The molecular weight excluding hydrogens is 236 g/mol. The van der Waals surface area contributed by atoms with Crippen molar-refractivity contribution in [3.05, 3.63) is 29.8 Å². The Balaban J connectivity index is 2.87. The van der Waals surface area contributed by atoms with E-state index in [1.807, 2.05) is 19.2 Å². The molecule has 0 aliphatic carbocycles. The van der Waals surface area contributed by atoms with Crippen LogP contribution in [-0.2, 0) is 0 Å². The van der Waals surface area contributed by atoms with Crippen LogP contribution in [0.2, 0.25) is 0 Å². The molecule has 0 heterocycles. The summed E-state index contributed by atoms with van der Waals surface area (Å²) in [4.78, 5) is 2.51. The van der Waals surface area contributed by atoms with Crippen molar-refractivity contribution >= 4 is 0 Å². The molecule has 2 unspecified atom stereocenters. The number of benzene rings is 1. The molecule has 19 heavy (non-hydrogen) atoms. The van der Waals surface area contributed by atoms with Gasteiger partial charge in [-0.25, -0.2) is 0 Å². The van der Waals surface area contributed by atoms with Gasteiger partial charge in [0, 0.05) is 24.2 Å².